The number of nitrogens with one attached hydrogen (secondary N) is 1. The van der Waals surface area contributed by atoms with Gasteiger partial charge in [0, 0.05) is 37.4 Å². The van der Waals surface area contributed by atoms with Crippen LogP contribution in [0.25, 0.3) is 22.2 Å². The Morgan fingerprint density at radius 2 is 1.57 bits per heavy atom. The molecule has 1 N–H and O–H groups in total. The molecule has 4 aromatic rings. The van der Waals surface area contributed by atoms with E-state index in [4.69, 9.17) is 4.98 Å². The van der Waals surface area contributed by atoms with E-state index < -0.39 is 0 Å². The highest BCUT2D eigenvalue weighted by Gasteiger charge is 2.20. The van der Waals surface area contributed by atoms with Gasteiger partial charge in [0.2, 0.25) is 5.95 Å². The number of aryl methyl sites for hydroxylation is 3. The number of amides is 1. The van der Waals surface area contributed by atoms with E-state index in [1.165, 1.54) is 16.7 Å². The molecule has 7 nitrogen and oxygen atoms in total. The van der Waals surface area contributed by atoms with Gasteiger partial charge in [-0.05, 0) is 86.0 Å². The molecular formula is C28H30N6O. The number of hydrogen-bond acceptors (Lipinski definition) is 6. The van der Waals surface area contributed by atoms with E-state index in [2.05, 4.69) is 71.6 Å². The maximum absolute atomic E-state index is 13.0. The topological polar surface area (TPSA) is 74.2 Å². The summed E-state index contributed by atoms with van der Waals surface area (Å²) in [6, 6.07) is 18.0. The second kappa shape index (κ2) is 9.43. The Balaban J connectivity index is 1.40. The van der Waals surface area contributed by atoms with E-state index in [9.17, 15) is 4.79 Å². The number of anilines is 2. The predicted molar refractivity (Wildman–Crippen MR) is 140 cm³/mol. The summed E-state index contributed by atoms with van der Waals surface area (Å²) in [5, 5.41) is 12.0. The van der Waals surface area contributed by atoms with E-state index in [0.29, 0.717) is 11.5 Å². The van der Waals surface area contributed by atoms with Crippen molar-refractivity contribution in [2.45, 2.75) is 20.8 Å². The van der Waals surface area contributed by atoms with Crippen LogP contribution in [0.3, 0.4) is 0 Å². The third-order valence-corrected chi connectivity index (χ3v) is 6.68. The smallest absolute Gasteiger partial charge is 0.254 e. The molecule has 1 aromatic heterocycles. The zero-order valence-electron chi connectivity index (χ0n) is 20.7. The van der Waals surface area contributed by atoms with Gasteiger partial charge in [-0.3, -0.25) is 4.79 Å². The molecule has 1 fully saturated rings. The van der Waals surface area contributed by atoms with Gasteiger partial charge in [-0.15, -0.1) is 10.2 Å². The van der Waals surface area contributed by atoms with Crippen LogP contribution in [0, 0.1) is 20.8 Å². The minimum Gasteiger partial charge on any atom is -0.336 e. The Labute approximate surface area is 205 Å². The van der Waals surface area contributed by atoms with Crippen LogP contribution in [0.2, 0.25) is 0 Å². The molecule has 0 aliphatic carbocycles. The molecule has 1 aliphatic rings. The normalized spacial score (nSPS) is 14.3. The van der Waals surface area contributed by atoms with E-state index in [1.54, 1.807) is 0 Å². The number of piperazine rings is 1. The Hall–Kier alpha value is -3.84. The lowest BCUT2D eigenvalue weighted by molar-refractivity contribution is 0.0664. The van der Waals surface area contributed by atoms with Gasteiger partial charge in [-0.25, -0.2) is 4.98 Å². The summed E-state index contributed by atoms with van der Waals surface area (Å²) < 4.78 is 0. The van der Waals surface area contributed by atoms with Crippen LogP contribution in [0.15, 0.2) is 54.6 Å². The van der Waals surface area contributed by atoms with Crippen molar-refractivity contribution in [3.63, 3.8) is 0 Å². The van der Waals surface area contributed by atoms with E-state index in [0.717, 1.165) is 54.0 Å². The molecule has 0 radical (unpaired) electrons. The fraction of sp³-hybridized carbons (Fsp3) is 0.286. The quantitative estimate of drug-likeness (QED) is 0.468. The lowest BCUT2D eigenvalue weighted by Crippen LogP contribution is -2.47. The SMILES string of the molecule is Cc1cccc(C)c1-c1cc(C)c2nc(Nc3cccc(C(=O)N4CCN(C)CC4)c3)nnc2c1. The van der Waals surface area contributed by atoms with Crippen LogP contribution < -0.4 is 5.32 Å². The summed E-state index contributed by atoms with van der Waals surface area (Å²) in [6.07, 6.45) is 0. The van der Waals surface area contributed by atoms with Crippen molar-refractivity contribution in [2.24, 2.45) is 0 Å². The van der Waals surface area contributed by atoms with Crippen LogP contribution in [0.1, 0.15) is 27.0 Å². The van der Waals surface area contributed by atoms with Gasteiger partial charge in [0.15, 0.2) is 0 Å². The molecule has 2 heterocycles. The molecule has 5 rings (SSSR count). The van der Waals surface area contributed by atoms with Gasteiger partial charge >= 0.3 is 0 Å². The number of fused-ring (bicyclic) bond motifs is 1. The van der Waals surface area contributed by atoms with Crippen molar-refractivity contribution in [1.82, 2.24) is 25.0 Å². The van der Waals surface area contributed by atoms with E-state index >= 15 is 0 Å². The van der Waals surface area contributed by atoms with Crippen LogP contribution >= 0.6 is 0 Å². The average Bonchev–Trinajstić information content (AvgIpc) is 2.85. The lowest BCUT2D eigenvalue weighted by Gasteiger charge is -2.32. The Bertz CT molecular complexity index is 1390. The zero-order chi connectivity index (χ0) is 24.5. The molecular weight excluding hydrogens is 436 g/mol. The van der Waals surface area contributed by atoms with Crippen LogP contribution in [-0.4, -0.2) is 64.1 Å². The van der Waals surface area contributed by atoms with Crippen LogP contribution in [-0.2, 0) is 0 Å². The standard InChI is InChI=1S/C28H30N6O/c1-18-7-5-8-19(2)25(18)22-15-20(3)26-24(17-22)31-32-28(30-26)29-23-10-6-9-21(16-23)27(35)34-13-11-33(4)12-14-34/h5-10,15-17H,11-14H2,1-4H3,(H,29,30,32). The minimum absolute atomic E-state index is 0.0502. The molecule has 0 saturated carbocycles. The second-order valence-corrected chi connectivity index (χ2v) is 9.36. The predicted octanol–water partition coefficient (Wildman–Crippen LogP) is 4.75. The second-order valence-electron chi connectivity index (χ2n) is 9.36. The first kappa shape index (κ1) is 22.9. The fourth-order valence-electron chi connectivity index (χ4n) is 4.73. The summed E-state index contributed by atoms with van der Waals surface area (Å²) >= 11 is 0. The van der Waals surface area contributed by atoms with Gasteiger partial charge in [-0.1, -0.05) is 24.3 Å². The van der Waals surface area contributed by atoms with Gasteiger partial charge < -0.3 is 15.1 Å². The van der Waals surface area contributed by atoms with Crippen LogP contribution in [0.5, 0.6) is 0 Å². The van der Waals surface area contributed by atoms with Crippen molar-refractivity contribution < 1.29 is 4.79 Å². The van der Waals surface area contributed by atoms with E-state index in [-0.39, 0.29) is 5.91 Å². The molecule has 0 spiro atoms. The summed E-state index contributed by atoms with van der Waals surface area (Å²) in [6.45, 7) is 9.58. The first-order valence-electron chi connectivity index (χ1n) is 12.0. The largest absolute Gasteiger partial charge is 0.336 e. The molecule has 3 aromatic carbocycles. The summed E-state index contributed by atoms with van der Waals surface area (Å²) in [5.41, 5.74) is 8.83. The minimum atomic E-state index is 0.0502. The maximum atomic E-state index is 13.0. The molecule has 7 heteroatoms. The number of likely N-dealkylation sites (N-methyl/N-ethyl adjacent to an activating group) is 1. The lowest BCUT2D eigenvalue weighted by atomic mass is 9.94. The molecule has 1 saturated heterocycles. The van der Waals surface area contributed by atoms with Gasteiger partial charge in [0.1, 0.15) is 5.52 Å². The van der Waals surface area contributed by atoms with Gasteiger partial charge in [0.05, 0.1) is 5.52 Å². The third-order valence-electron chi connectivity index (χ3n) is 6.68. The maximum Gasteiger partial charge on any atom is 0.254 e. The number of carbonyl (C=O) groups excluding carboxylic acids is 1. The monoisotopic (exact) mass is 466 g/mol. The highest BCUT2D eigenvalue weighted by Crippen LogP contribution is 2.31. The van der Waals surface area contributed by atoms with Crippen molar-refractivity contribution in [1.29, 1.82) is 0 Å². The van der Waals surface area contributed by atoms with Crippen LogP contribution in [0.4, 0.5) is 11.6 Å². The average molecular weight is 467 g/mol. The Morgan fingerprint density at radius 3 is 2.31 bits per heavy atom. The molecule has 178 valence electrons. The summed E-state index contributed by atoms with van der Waals surface area (Å²) in [7, 11) is 2.08. The molecule has 1 amide bonds. The van der Waals surface area contributed by atoms with Gasteiger partial charge in [0.25, 0.3) is 5.91 Å². The fourth-order valence-corrected chi connectivity index (χ4v) is 4.73. The zero-order valence-corrected chi connectivity index (χ0v) is 20.7. The molecule has 35 heavy (non-hydrogen) atoms. The highest BCUT2D eigenvalue weighted by molar-refractivity contribution is 5.95. The summed E-state index contributed by atoms with van der Waals surface area (Å²) in [4.78, 5) is 21.8. The Kier molecular flexibility index (Phi) is 6.17. The highest BCUT2D eigenvalue weighted by atomic mass is 16.2. The van der Waals surface area contributed by atoms with Crippen molar-refractivity contribution in [2.75, 3.05) is 38.5 Å². The van der Waals surface area contributed by atoms with Crippen molar-refractivity contribution in [3.8, 4) is 11.1 Å². The molecule has 0 atom stereocenters. The Morgan fingerprint density at radius 1 is 0.857 bits per heavy atom. The van der Waals surface area contributed by atoms with Crippen molar-refractivity contribution >= 4 is 28.6 Å². The number of rotatable bonds is 4. The number of carbonyl (C=O) groups is 1. The van der Waals surface area contributed by atoms with E-state index in [1.807, 2.05) is 36.1 Å². The molecule has 0 bridgehead atoms. The molecule has 1 aliphatic heterocycles. The number of benzene rings is 3. The number of aromatic nitrogens is 3. The first-order chi connectivity index (χ1) is 16.9. The van der Waals surface area contributed by atoms with Gasteiger partial charge in [-0.2, -0.15) is 0 Å². The van der Waals surface area contributed by atoms with Crippen molar-refractivity contribution in [3.05, 3.63) is 76.9 Å². The first-order valence-corrected chi connectivity index (χ1v) is 12.0. The number of nitrogens with zero attached hydrogens (tertiary/aromatic N) is 5. The molecule has 0 unspecified atom stereocenters. The summed E-state index contributed by atoms with van der Waals surface area (Å²) in [5.74, 6) is 0.457. The number of hydrogen-bond donors (Lipinski definition) is 1. The third kappa shape index (κ3) is 4.72.